The number of benzene rings is 2. The van der Waals surface area contributed by atoms with E-state index in [4.69, 9.17) is 0 Å². The quantitative estimate of drug-likeness (QED) is 0.637. The lowest BCUT2D eigenvalue weighted by molar-refractivity contribution is -0.127. The molecule has 5 heteroatoms. The van der Waals surface area contributed by atoms with Crippen LogP contribution in [0.3, 0.4) is 0 Å². The summed E-state index contributed by atoms with van der Waals surface area (Å²) in [7, 11) is 0. The van der Waals surface area contributed by atoms with Crippen molar-refractivity contribution in [2.75, 3.05) is 26.2 Å². The molecule has 128 valence electrons. The van der Waals surface area contributed by atoms with E-state index in [9.17, 15) is 14.4 Å². The SMILES string of the molecule is Cc1ccc(C(=O)C(=O)N2CCN(C(=O)c3ccccc3)CC2)cc1. The van der Waals surface area contributed by atoms with Gasteiger partial charge in [-0.05, 0) is 19.1 Å². The lowest BCUT2D eigenvalue weighted by atomic mass is 10.1. The normalized spacial score (nSPS) is 14.3. The number of carbonyl (C=O) groups excluding carboxylic acids is 3. The van der Waals surface area contributed by atoms with Crippen molar-refractivity contribution >= 4 is 17.6 Å². The fourth-order valence-electron chi connectivity index (χ4n) is 2.85. The smallest absolute Gasteiger partial charge is 0.295 e. The van der Waals surface area contributed by atoms with Gasteiger partial charge < -0.3 is 9.80 Å². The number of Topliss-reactive ketones (excluding diaryl/α,β-unsaturated/α-hetero) is 1. The van der Waals surface area contributed by atoms with E-state index in [-0.39, 0.29) is 5.91 Å². The predicted molar refractivity (Wildman–Crippen MR) is 94.4 cm³/mol. The van der Waals surface area contributed by atoms with Crippen LogP contribution in [-0.4, -0.2) is 53.6 Å². The van der Waals surface area contributed by atoms with Crippen LogP contribution >= 0.6 is 0 Å². The zero-order valence-electron chi connectivity index (χ0n) is 14.1. The molecule has 0 spiro atoms. The molecule has 0 aromatic heterocycles. The van der Waals surface area contributed by atoms with Gasteiger partial charge >= 0.3 is 0 Å². The maximum absolute atomic E-state index is 12.4. The Morgan fingerprint density at radius 3 is 1.88 bits per heavy atom. The lowest BCUT2D eigenvalue weighted by Crippen LogP contribution is -2.52. The molecular formula is C20H20N2O3. The van der Waals surface area contributed by atoms with Crippen LogP contribution in [0, 0.1) is 6.92 Å². The summed E-state index contributed by atoms with van der Waals surface area (Å²) in [5.74, 6) is -1.05. The third kappa shape index (κ3) is 3.76. The van der Waals surface area contributed by atoms with Gasteiger partial charge in [0.05, 0.1) is 0 Å². The summed E-state index contributed by atoms with van der Waals surface area (Å²) in [5.41, 5.74) is 2.08. The van der Waals surface area contributed by atoms with Gasteiger partial charge in [-0.2, -0.15) is 0 Å². The Balaban J connectivity index is 1.60. The number of ketones is 1. The maximum atomic E-state index is 12.4. The first-order chi connectivity index (χ1) is 12.1. The van der Waals surface area contributed by atoms with E-state index in [1.807, 2.05) is 37.3 Å². The van der Waals surface area contributed by atoms with E-state index < -0.39 is 11.7 Å². The zero-order valence-corrected chi connectivity index (χ0v) is 14.1. The highest BCUT2D eigenvalue weighted by Gasteiger charge is 2.28. The highest BCUT2D eigenvalue weighted by Crippen LogP contribution is 2.11. The van der Waals surface area contributed by atoms with Gasteiger partial charge in [-0.25, -0.2) is 0 Å². The number of piperazine rings is 1. The van der Waals surface area contributed by atoms with Crippen molar-refractivity contribution in [2.24, 2.45) is 0 Å². The van der Waals surface area contributed by atoms with Crippen LogP contribution in [0.2, 0.25) is 0 Å². The van der Waals surface area contributed by atoms with Gasteiger partial charge in [0.25, 0.3) is 11.8 Å². The van der Waals surface area contributed by atoms with Gasteiger partial charge in [0, 0.05) is 37.3 Å². The van der Waals surface area contributed by atoms with Crippen molar-refractivity contribution in [2.45, 2.75) is 6.92 Å². The summed E-state index contributed by atoms with van der Waals surface area (Å²) in [4.78, 5) is 40.4. The monoisotopic (exact) mass is 336 g/mol. The Kier molecular flexibility index (Phi) is 4.93. The highest BCUT2D eigenvalue weighted by atomic mass is 16.2. The minimum atomic E-state index is -0.504. The summed E-state index contributed by atoms with van der Waals surface area (Å²) < 4.78 is 0. The molecule has 0 radical (unpaired) electrons. The minimum absolute atomic E-state index is 0.0439. The molecule has 3 rings (SSSR count). The summed E-state index contributed by atoms with van der Waals surface area (Å²) in [6, 6.07) is 16.1. The number of rotatable bonds is 3. The van der Waals surface area contributed by atoms with Crippen molar-refractivity contribution in [1.82, 2.24) is 9.80 Å². The first kappa shape index (κ1) is 16.9. The van der Waals surface area contributed by atoms with Crippen LogP contribution in [0.4, 0.5) is 0 Å². The third-order valence-electron chi connectivity index (χ3n) is 4.38. The van der Waals surface area contributed by atoms with Gasteiger partial charge in [0.2, 0.25) is 5.78 Å². The Hall–Kier alpha value is -2.95. The molecule has 0 atom stereocenters. The van der Waals surface area contributed by atoms with Crippen LogP contribution < -0.4 is 0 Å². The molecule has 25 heavy (non-hydrogen) atoms. The minimum Gasteiger partial charge on any atom is -0.335 e. The van der Waals surface area contributed by atoms with Crippen LogP contribution in [-0.2, 0) is 4.79 Å². The second-order valence-corrected chi connectivity index (χ2v) is 6.15. The van der Waals surface area contributed by atoms with Crippen LogP contribution in [0.1, 0.15) is 26.3 Å². The Morgan fingerprint density at radius 1 is 0.720 bits per heavy atom. The van der Waals surface area contributed by atoms with Crippen LogP contribution in [0.25, 0.3) is 0 Å². The molecule has 1 heterocycles. The summed E-state index contributed by atoms with van der Waals surface area (Å²) in [5, 5.41) is 0. The summed E-state index contributed by atoms with van der Waals surface area (Å²) in [6.45, 7) is 3.53. The number of carbonyl (C=O) groups is 3. The molecular weight excluding hydrogens is 316 g/mol. The Morgan fingerprint density at radius 2 is 1.28 bits per heavy atom. The molecule has 1 saturated heterocycles. The average Bonchev–Trinajstić information content (AvgIpc) is 2.67. The molecule has 2 aromatic rings. The van der Waals surface area contributed by atoms with Crippen molar-refractivity contribution in [3.63, 3.8) is 0 Å². The van der Waals surface area contributed by atoms with E-state index in [0.29, 0.717) is 37.3 Å². The molecule has 2 aromatic carbocycles. The molecule has 0 saturated carbocycles. The van der Waals surface area contributed by atoms with E-state index in [2.05, 4.69) is 0 Å². The molecule has 0 N–H and O–H groups in total. The maximum Gasteiger partial charge on any atom is 0.295 e. The zero-order chi connectivity index (χ0) is 17.8. The Labute approximate surface area is 146 Å². The van der Waals surface area contributed by atoms with Gasteiger partial charge in [-0.1, -0.05) is 48.0 Å². The fourth-order valence-corrected chi connectivity index (χ4v) is 2.85. The molecule has 0 aliphatic carbocycles. The third-order valence-corrected chi connectivity index (χ3v) is 4.38. The average molecular weight is 336 g/mol. The summed E-state index contributed by atoms with van der Waals surface area (Å²) in [6.07, 6.45) is 0. The van der Waals surface area contributed by atoms with Crippen molar-refractivity contribution in [1.29, 1.82) is 0 Å². The van der Waals surface area contributed by atoms with E-state index in [1.54, 1.807) is 29.2 Å². The fraction of sp³-hybridized carbons (Fsp3) is 0.250. The number of nitrogens with zero attached hydrogens (tertiary/aromatic N) is 2. The lowest BCUT2D eigenvalue weighted by Gasteiger charge is -2.34. The first-order valence-corrected chi connectivity index (χ1v) is 8.31. The standard InChI is InChI=1S/C20H20N2O3/c1-15-7-9-16(10-8-15)18(23)20(25)22-13-11-21(12-14-22)19(24)17-5-3-2-4-6-17/h2-10H,11-14H2,1H3. The second-order valence-electron chi connectivity index (χ2n) is 6.15. The molecule has 1 aliphatic heterocycles. The molecule has 0 unspecified atom stereocenters. The number of hydrogen-bond acceptors (Lipinski definition) is 3. The highest BCUT2D eigenvalue weighted by molar-refractivity contribution is 6.42. The van der Waals surface area contributed by atoms with Crippen LogP contribution in [0.5, 0.6) is 0 Å². The topological polar surface area (TPSA) is 57.7 Å². The van der Waals surface area contributed by atoms with Crippen LogP contribution in [0.15, 0.2) is 54.6 Å². The number of aryl methyl sites for hydroxylation is 1. The van der Waals surface area contributed by atoms with Gasteiger partial charge in [-0.3, -0.25) is 14.4 Å². The largest absolute Gasteiger partial charge is 0.335 e. The van der Waals surface area contributed by atoms with E-state index in [1.165, 1.54) is 4.90 Å². The van der Waals surface area contributed by atoms with Gasteiger partial charge in [-0.15, -0.1) is 0 Å². The van der Waals surface area contributed by atoms with E-state index in [0.717, 1.165) is 5.56 Å². The van der Waals surface area contributed by atoms with Crippen molar-refractivity contribution in [3.8, 4) is 0 Å². The first-order valence-electron chi connectivity index (χ1n) is 8.31. The summed E-state index contributed by atoms with van der Waals surface area (Å²) >= 11 is 0. The molecule has 1 fully saturated rings. The second kappa shape index (κ2) is 7.30. The predicted octanol–water partition coefficient (Wildman–Crippen LogP) is 2.16. The number of amides is 2. The molecule has 2 amide bonds. The molecule has 5 nitrogen and oxygen atoms in total. The van der Waals surface area contributed by atoms with Gasteiger partial charge in [0.15, 0.2) is 0 Å². The van der Waals surface area contributed by atoms with Crippen molar-refractivity contribution < 1.29 is 14.4 Å². The van der Waals surface area contributed by atoms with Crippen molar-refractivity contribution in [3.05, 3.63) is 71.3 Å². The number of hydrogen-bond donors (Lipinski definition) is 0. The molecule has 0 bridgehead atoms. The van der Waals surface area contributed by atoms with E-state index >= 15 is 0 Å². The molecule has 1 aliphatic rings. The van der Waals surface area contributed by atoms with Gasteiger partial charge in [0.1, 0.15) is 0 Å². The Bertz CT molecular complexity index is 776.